The summed E-state index contributed by atoms with van der Waals surface area (Å²) < 4.78 is 23.0. The van der Waals surface area contributed by atoms with Gasteiger partial charge in [0, 0.05) is 11.8 Å². The molecule has 37 heavy (non-hydrogen) atoms. The third-order valence-corrected chi connectivity index (χ3v) is 6.21. The van der Waals surface area contributed by atoms with Crippen LogP contribution in [-0.4, -0.2) is 43.0 Å². The van der Waals surface area contributed by atoms with Gasteiger partial charge < -0.3 is 24.3 Å². The Morgan fingerprint density at radius 3 is 2.78 bits per heavy atom. The van der Waals surface area contributed by atoms with Crippen molar-refractivity contribution in [1.82, 2.24) is 10.2 Å². The number of carbonyl (C=O) groups excluding carboxylic acids is 1. The summed E-state index contributed by atoms with van der Waals surface area (Å²) in [6, 6.07) is 21.3. The third-order valence-electron chi connectivity index (χ3n) is 6.21. The Morgan fingerprint density at radius 1 is 1.08 bits per heavy atom. The number of ether oxygens (including phenoxy) is 4. The summed E-state index contributed by atoms with van der Waals surface area (Å²) in [5.74, 6) is 1.62. The van der Waals surface area contributed by atoms with Gasteiger partial charge in [-0.05, 0) is 53.4 Å². The second-order valence-corrected chi connectivity index (χ2v) is 8.76. The van der Waals surface area contributed by atoms with Crippen LogP contribution in [0.5, 0.6) is 17.2 Å². The number of amides is 1. The molecule has 4 aromatic rings. The van der Waals surface area contributed by atoms with Gasteiger partial charge in [-0.1, -0.05) is 36.4 Å². The highest BCUT2D eigenvalue weighted by molar-refractivity contribution is 5.95. The zero-order valence-corrected chi connectivity index (χ0v) is 20.6. The van der Waals surface area contributed by atoms with Crippen LogP contribution in [0.25, 0.3) is 11.1 Å². The molecule has 2 N–H and O–H groups in total. The largest absolute Gasteiger partial charge is 0.497 e. The lowest BCUT2D eigenvalue weighted by Crippen LogP contribution is -2.32. The van der Waals surface area contributed by atoms with Crippen molar-refractivity contribution in [3.05, 3.63) is 90.3 Å². The maximum Gasteiger partial charge on any atom is 0.231 e. The van der Waals surface area contributed by atoms with E-state index in [1.165, 1.54) is 0 Å². The quantitative estimate of drug-likeness (QED) is 0.302. The molecule has 1 aliphatic heterocycles. The van der Waals surface area contributed by atoms with Crippen molar-refractivity contribution in [3.8, 4) is 28.4 Å². The van der Waals surface area contributed by atoms with E-state index in [1.54, 1.807) is 13.3 Å². The average Bonchev–Trinajstić information content (AvgIpc) is 3.49. The number of fused-ring (bicyclic) bond motifs is 1. The molecule has 0 bridgehead atoms. The van der Waals surface area contributed by atoms with E-state index < -0.39 is 0 Å². The van der Waals surface area contributed by atoms with Gasteiger partial charge >= 0.3 is 0 Å². The number of nitrogens with one attached hydrogen (secondary N) is 2. The van der Waals surface area contributed by atoms with Crippen molar-refractivity contribution >= 4 is 11.6 Å². The molecule has 0 spiro atoms. The summed E-state index contributed by atoms with van der Waals surface area (Å²) in [6.45, 7) is 1.57. The van der Waals surface area contributed by atoms with E-state index in [0.29, 0.717) is 44.3 Å². The monoisotopic (exact) mass is 499 g/mol. The van der Waals surface area contributed by atoms with E-state index in [2.05, 4.69) is 15.5 Å². The predicted octanol–water partition coefficient (Wildman–Crippen LogP) is 4.87. The summed E-state index contributed by atoms with van der Waals surface area (Å²) in [6.07, 6.45) is 4.12. The lowest BCUT2D eigenvalue weighted by Gasteiger charge is -2.25. The molecule has 0 saturated heterocycles. The van der Waals surface area contributed by atoms with Gasteiger partial charge in [-0.3, -0.25) is 9.89 Å². The van der Waals surface area contributed by atoms with Crippen molar-refractivity contribution in [3.63, 3.8) is 0 Å². The molecule has 1 atom stereocenters. The Hall–Kier alpha value is -4.30. The number of hydrogen-bond acceptors (Lipinski definition) is 6. The van der Waals surface area contributed by atoms with Crippen LogP contribution in [-0.2, 0) is 22.6 Å². The first-order valence-corrected chi connectivity index (χ1v) is 12.2. The van der Waals surface area contributed by atoms with E-state index >= 15 is 0 Å². The molecule has 0 radical (unpaired) electrons. The number of aromatic nitrogens is 2. The molecule has 1 aromatic heterocycles. The molecule has 1 aliphatic rings. The Bertz CT molecular complexity index is 1320. The van der Waals surface area contributed by atoms with Crippen LogP contribution >= 0.6 is 0 Å². The van der Waals surface area contributed by atoms with Crippen LogP contribution < -0.4 is 19.5 Å². The van der Waals surface area contributed by atoms with Gasteiger partial charge in [0.1, 0.15) is 30.5 Å². The van der Waals surface area contributed by atoms with Crippen molar-refractivity contribution in [2.24, 2.45) is 5.92 Å². The smallest absolute Gasteiger partial charge is 0.231 e. The molecule has 8 nitrogen and oxygen atoms in total. The first kappa shape index (κ1) is 24.4. The SMILES string of the molecule is COc1ccc2c(c1)C[C@@H](C(=O)Nc1ccc(-c3cn[nH]c3)cc1OCCOCc1ccccc1)CO2. The number of carbonyl (C=O) groups is 1. The van der Waals surface area contributed by atoms with Gasteiger partial charge in [-0.15, -0.1) is 0 Å². The van der Waals surface area contributed by atoms with Crippen LogP contribution in [0.1, 0.15) is 11.1 Å². The third kappa shape index (κ3) is 6.10. The van der Waals surface area contributed by atoms with Gasteiger partial charge in [0.05, 0.1) is 38.1 Å². The first-order valence-electron chi connectivity index (χ1n) is 12.2. The van der Waals surface area contributed by atoms with Crippen LogP contribution in [0, 0.1) is 5.92 Å². The van der Waals surface area contributed by atoms with Gasteiger partial charge in [-0.2, -0.15) is 5.10 Å². The highest BCUT2D eigenvalue weighted by Gasteiger charge is 2.27. The average molecular weight is 500 g/mol. The fraction of sp³-hybridized carbons (Fsp3) is 0.241. The maximum absolute atomic E-state index is 13.2. The topological polar surface area (TPSA) is 94.7 Å². The highest BCUT2D eigenvalue weighted by Crippen LogP contribution is 2.34. The summed E-state index contributed by atoms with van der Waals surface area (Å²) in [5, 5.41) is 9.89. The lowest BCUT2D eigenvalue weighted by molar-refractivity contribution is -0.121. The minimum atomic E-state index is -0.338. The second-order valence-electron chi connectivity index (χ2n) is 8.76. The summed E-state index contributed by atoms with van der Waals surface area (Å²) in [5.41, 5.74) is 4.50. The lowest BCUT2D eigenvalue weighted by atomic mass is 9.95. The molecule has 3 aromatic carbocycles. The second kappa shape index (κ2) is 11.6. The number of rotatable bonds is 10. The fourth-order valence-electron chi connectivity index (χ4n) is 4.21. The number of benzene rings is 3. The minimum Gasteiger partial charge on any atom is -0.497 e. The summed E-state index contributed by atoms with van der Waals surface area (Å²) in [7, 11) is 1.62. The number of H-pyrrole nitrogens is 1. The number of anilines is 1. The number of hydrogen-bond donors (Lipinski definition) is 2. The molecular formula is C29H29N3O5. The van der Waals surface area contributed by atoms with Gasteiger partial charge in [0.15, 0.2) is 0 Å². The van der Waals surface area contributed by atoms with E-state index in [1.807, 2.05) is 72.9 Å². The highest BCUT2D eigenvalue weighted by atomic mass is 16.5. The van der Waals surface area contributed by atoms with E-state index in [4.69, 9.17) is 18.9 Å². The minimum absolute atomic E-state index is 0.130. The Morgan fingerprint density at radius 2 is 1.97 bits per heavy atom. The van der Waals surface area contributed by atoms with Crippen LogP contribution in [0.3, 0.4) is 0 Å². The fourth-order valence-corrected chi connectivity index (χ4v) is 4.21. The zero-order valence-electron chi connectivity index (χ0n) is 20.6. The Labute approximate surface area is 215 Å². The van der Waals surface area contributed by atoms with E-state index in [0.717, 1.165) is 33.8 Å². The molecule has 2 heterocycles. The Balaban J connectivity index is 1.25. The molecule has 0 saturated carbocycles. The molecule has 0 unspecified atom stereocenters. The van der Waals surface area contributed by atoms with Gasteiger partial charge in [-0.25, -0.2) is 0 Å². The molecule has 1 amide bonds. The molecule has 8 heteroatoms. The summed E-state index contributed by atoms with van der Waals surface area (Å²) >= 11 is 0. The van der Waals surface area contributed by atoms with Crippen molar-refractivity contribution in [1.29, 1.82) is 0 Å². The first-order chi connectivity index (χ1) is 18.2. The van der Waals surface area contributed by atoms with E-state index in [-0.39, 0.29) is 11.8 Å². The number of nitrogens with zero attached hydrogens (tertiary/aromatic N) is 1. The van der Waals surface area contributed by atoms with Crippen molar-refractivity contribution in [2.45, 2.75) is 13.0 Å². The predicted molar refractivity (Wildman–Crippen MR) is 140 cm³/mol. The van der Waals surface area contributed by atoms with Crippen LogP contribution in [0.2, 0.25) is 0 Å². The van der Waals surface area contributed by atoms with Crippen molar-refractivity contribution < 1.29 is 23.7 Å². The number of methoxy groups -OCH3 is 1. The molecular weight excluding hydrogens is 470 g/mol. The van der Waals surface area contributed by atoms with Crippen LogP contribution in [0.4, 0.5) is 5.69 Å². The van der Waals surface area contributed by atoms with Crippen molar-refractivity contribution in [2.75, 3.05) is 32.2 Å². The maximum atomic E-state index is 13.2. The molecule has 0 aliphatic carbocycles. The molecule has 5 rings (SSSR count). The standard InChI is InChI=1S/C29H29N3O5/c1-34-25-8-10-27-22(14-25)13-23(19-37-27)29(33)32-26-9-7-21(24-16-30-31-17-24)15-28(26)36-12-11-35-18-20-5-3-2-4-6-20/h2-10,14-17,23H,11-13,18-19H2,1H3,(H,30,31)(H,32,33)/t23-/m1/s1. The van der Waals surface area contributed by atoms with Gasteiger partial charge in [0.25, 0.3) is 0 Å². The Kier molecular flexibility index (Phi) is 7.66. The normalized spacial score (nSPS) is 14.4. The summed E-state index contributed by atoms with van der Waals surface area (Å²) in [4.78, 5) is 13.2. The van der Waals surface area contributed by atoms with Gasteiger partial charge in [0.2, 0.25) is 5.91 Å². The van der Waals surface area contributed by atoms with E-state index in [9.17, 15) is 4.79 Å². The zero-order chi connectivity index (χ0) is 25.5. The number of aromatic amines is 1. The molecule has 190 valence electrons. The molecule has 0 fully saturated rings. The van der Waals surface area contributed by atoms with Crippen LogP contribution in [0.15, 0.2) is 79.1 Å².